The second-order valence-electron chi connectivity index (χ2n) is 7.61. The number of ketones is 1. The van der Waals surface area contributed by atoms with Gasteiger partial charge in [-0.1, -0.05) is 23.2 Å². The van der Waals surface area contributed by atoms with Gasteiger partial charge in [-0.05, 0) is 74.5 Å². The zero-order chi connectivity index (χ0) is 25.7. The molecule has 1 fully saturated rings. The summed E-state index contributed by atoms with van der Waals surface area (Å²) in [5, 5.41) is 11.1. The lowest BCUT2D eigenvalue weighted by atomic mass is 9.87. The lowest BCUT2D eigenvalue weighted by molar-refractivity contribution is -0.143. The summed E-state index contributed by atoms with van der Waals surface area (Å²) in [6, 6.07) is 5.46. The zero-order valence-corrected chi connectivity index (χ0v) is 18.8. The molecule has 6 nitrogen and oxygen atoms in total. The molecule has 170 valence electrons. The molecule has 3 rings (SSSR count). The highest BCUT2D eigenvalue weighted by atomic mass is 35.5. The molecule has 0 aliphatic heterocycles. The summed E-state index contributed by atoms with van der Waals surface area (Å²) in [4.78, 5) is 35.9. The lowest BCUT2D eigenvalue weighted by Crippen LogP contribution is -2.27. The lowest BCUT2D eigenvalue weighted by Gasteiger charge is -2.26. The minimum Gasteiger partial charge on any atom is -0.490 e. The Balaban J connectivity index is 1.46. The SMILES string of the molecule is [2H]c1c([2H])c(C(=O)NCCCC(=O)c2ccc(OC3CCC(C(=O)O)CC3)cc2)c([2H])c(Cl)c1Cl. The van der Waals surface area contributed by atoms with Crippen molar-refractivity contribution in [3.63, 3.8) is 0 Å². The molecule has 0 atom stereocenters. The molecule has 0 bridgehead atoms. The molecule has 1 aliphatic carbocycles. The second-order valence-corrected chi connectivity index (χ2v) is 8.37. The number of carbonyl (C=O) groups is 3. The molecule has 0 saturated heterocycles. The molecule has 8 heteroatoms. The summed E-state index contributed by atoms with van der Waals surface area (Å²) in [6.07, 6.45) is 3.02. The summed E-state index contributed by atoms with van der Waals surface area (Å²) in [6.45, 7) is 0.136. The number of carbonyl (C=O) groups excluding carboxylic acids is 2. The molecule has 1 aliphatic rings. The standard InChI is InChI=1S/C24H25Cl2NO5/c25-20-12-7-17(14-21(20)26)23(29)27-13-1-2-22(28)15-3-8-18(9-4-15)32-19-10-5-16(6-11-19)24(30)31/h3-4,7-9,12,14,16,19H,1-2,5-6,10-11,13H2,(H,27,29)(H,30,31)/i7D,12D,14D. The first kappa shape index (κ1) is 20.1. The van der Waals surface area contributed by atoms with Crippen molar-refractivity contribution in [1.29, 1.82) is 0 Å². The van der Waals surface area contributed by atoms with Crippen molar-refractivity contribution in [3.05, 3.63) is 63.6 Å². The normalized spacial score (nSPS) is 19.4. The number of rotatable bonds is 9. The van der Waals surface area contributed by atoms with Gasteiger partial charge in [-0.2, -0.15) is 0 Å². The number of nitrogens with one attached hydrogen (secondary N) is 1. The molecule has 1 amide bonds. The van der Waals surface area contributed by atoms with Gasteiger partial charge in [-0.15, -0.1) is 0 Å². The molecular weight excluding hydrogens is 453 g/mol. The van der Waals surface area contributed by atoms with Crippen molar-refractivity contribution < 1.29 is 28.3 Å². The van der Waals surface area contributed by atoms with Crippen molar-refractivity contribution in [2.24, 2.45) is 5.92 Å². The van der Waals surface area contributed by atoms with E-state index in [4.69, 9.17) is 37.2 Å². The number of hydrogen-bond acceptors (Lipinski definition) is 4. The van der Waals surface area contributed by atoms with E-state index in [0.717, 1.165) is 0 Å². The van der Waals surface area contributed by atoms with Gasteiger partial charge in [0, 0.05) is 24.1 Å². The predicted molar refractivity (Wildman–Crippen MR) is 123 cm³/mol. The molecule has 32 heavy (non-hydrogen) atoms. The average Bonchev–Trinajstić information content (AvgIpc) is 2.85. The Hall–Kier alpha value is -2.57. The molecule has 2 N–H and O–H groups in total. The van der Waals surface area contributed by atoms with Gasteiger partial charge in [-0.25, -0.2) is 0 Å². The Morgan fingerprint density at radius 3 is 2.38 bits per heavy atom. The molecule has 2 aromatic carbocycles. The van der Waals surface area contributed by atoms with E-state index in [1.807, 2.05) is 0 Å². The zero-order valence-electron chi connectivity index (χ0n) is 20.2. The Bertz CT molecular complexity index is 1090. The van der Waals surface area contributed by atoms with E-state index in [9.17, 15) is 14.4 Å². The van der Waals surface area contributed by atoms with E-state index < -0.39 is 30.0 Å². The number of halogens is 2. The molecule has 0 aromatic heterocycles. The monoisotopic (exact) mass is 480 g/mol. The molecule has 0 radical (unpaired) electrons. The topological polar surface area (TPSA) is 92.7 Å². The Morgan fingerprint density at radius 1 is 1.03 bits per heavy atom. The first-order valence-electron chi connectivity index (χ1n) is 11.9. The van der Waals surface area contributed by atoms with Crippen LogP contribution in [0.15, 0.2) is 42.4 Å². The van der Waals surface area contributed by atoms with E-state index in [2.05, 4.69) is 5.32 Å². The van der Waals surface area contributed by atoms with Crippen LogP contribution in [0.2, 0.25) is 10.0 Å². The Morgan fingerprint density at radius 2 is 1.72 bits per heavy atom. The smallest absolute Gasteiger partial charge is 0.306 e. The number of benzene rings is 2. The first-order chi connectivity index (χ1) is 16.6. The number of Topliss-reactive ketones (excluding diaryl/α,β-unsaturated/α-hetero) is 1. The third kappa shape index (κ3) is 6.71. The van der Waals surface area contributed by atoms with E-state index in [-0.39, 0.29) is 46.4 Å². The van der Waals surface area contributed by atoms with Gasteiger partial charge < -0.3 is 15.2 Å². The van der Waals surface area contributed by atoms with E-state index in [1.165, 1.54) is 0 Å². The highest BCUT2D eigenvalue weighted by Gasteiger charge is 2.26. The fraction of sp³-hybridized carbons (Fsp3) is 0.375. The van der Waals surface area contributed by atoms with Crippen molar-refractivity contribution in [2.75, 3.05) is 6.54 Å². The van der Waals surface area contributed by atoms with Crippen LogP contribution in [0.4, 0.5) is 0 Å². The first-order valence-corrected chi connectivity index (χ1v) is 11.1. The third-order valence-corrected chi connectivity index (χ3v) is 5.98. The van der Waals surface area contributed by atoms with E-state index in [1.54, 1.807) is 24.3 Å². The van der Waals surface area contributed by atoms with Gasteiger partial charge in [0.05, 0.1) is 26.2 Å². The summed E-state index contributed by atoms with van der Waals surface area (Å²) in [5.41, 5.74) is 0.172. The maximum Gasteiger partial charge on any atom is 0.306 e. The number of ether oxygens (including phenoxy) is 1. The van der Waals surface area contributed by atoms with Gasteiger partial charge in [0.2, 0.25) is 0 Å². The molecule has 0 heterocycles. The molecule has 0 spiro atoms. The van der Waals surface area contributed by atoms with Crippen molar-refractivity contribution >= 4 is 40.9 Å². The van der Waals surface area contributed by atoms with Crippen molar-refractivity contribution in [2.45, 2.75) is 44.6 Å². The van der Waals surface area contributed by atoms with Crippen LogP contribution in [0.25, 0.3) is 0 Å². The van der Waals surface area contributed by atoms with Crippen LogP contribution < -0.4 is 10.1 Å². The Kier molecular flexibility index (Phi) is 7.11. The van der Waals surface area contributed by atoms with Crippen molar-refractivity contribution in [1.82, 2.24) is 5.32 Å². The quantitative estimate of drug-likeness (QED) is 0.369. The molecular formula is C24H25Cl2NO5. The highest BCUT2D eigenvalue weighted by Crippen LogP contribution is 2.28. The molecule has 2 aromatic rings. The van der Waals surface area contributed by atoms with Crippen LogP contribution in [0, 0.1) is 5.92 Å². The second kappa shape index (κ2) is 11.3. The van der Waals surface area contributed by atoms with Crippen LogP contribution in [0.1, 0.15) is 63.4 Å². The van der Waals surface area contributed by atoms with Crippen LogP contribution in [0.3, 0.4) is 0 Å². The predicted octanol–water partition coefficient (Wildman–Crippen LogP) is 5.41. The molecule has 1 saturated carbocycles. The van der Waals surface area contributed by atoms with Crippen LogP contribution in [0.5, 0.6) is 5.75 Å². The summed E-state index contributed by atoms with van der Waals surface area (Å²) >= 11 is 11.7. The van der Waals surface area contributed by atoms with Gasteiger partial charge in [0.1, 0.15) is 5.75 Å². The van der Waals surface area contributed by atoms with Gasteiger partial charge in [0.15, 0.2) is 5.78 Å². The number of aliphatic carboxylic acids is 1. The van der Waals surface area contributed by atoms with E-state index in [0.29, 0.717) is 43.4 Å². The summed E-state index contributed by atoms with van der Waals surface area (Å²) < 4.78 is 29.5. The van der Waals surface area contributed by atoms with Gasteiger partial charge >= 0.3 is 5.97 Å². The maximum atomic E-state index is 12.5. The van der Waals surface area contributed by atoms with Crippen LogP contribution in [-0.4, -0.2) is 35.4 Å². The fourth-order valence-corrected chi connectivity index (χ4v) is 3.74. The summed E-state index contributed by atoms with van der Waals surface area (Å²) in [5.74, 6) is -1.27. The van der Waals surface area contributed by atoms with Gasteiger partial charge in [0.25, 0.3) is 5.91 Å². The molecule has 0 unspecified atom stereocenters. The number of carboxylic acid groups (broad SMARTS) is 1. The largest absolute Gasteiger partial charge is 0.490 e. The number of carboxylic acids is 1. The third-order valence-electron chi connectivity index (χ3n) is 5.32. The fourth-order valence-electron chi connectivity index (χ4n) is 3.50. The maximum absolute atomic E-state index is 12.5. The average molecular weight is 481 g/mol. The minimum absolute atomic E-state index is 0.0362. The van der Waals surface area contributed by atoms with E-state index >= 15 is 0 Å². The van der Waals surface area contributed by atoms with Crippen molar-refractivity contribution in [3.8, 4) is 5.75 Å². The van der Waals surface area contributed by atoms with Gasteiger partial charge in [-0.3, -0.25) is 14.4 Å². The number of hydrogen-bond donors (Lipinski definition) is 2. The highest BCUT2D eigenvalue weighted by molar-refractivity contribution is 6.42. The Labute approximate surface area is 201 Å². The number of amides is 1. The van der Waals surface area contributed by atoms with Crippen LogP contribution >= 0.6 is 23.2 Å². The van der Waals surface area contributed by atoms with Crippen LogP contribution in [-0.2, 0) is 4.79 Å². The minimum atomic E-state index is -0.760. The summed E-state index contributed by atoms with van der Waals surface area (Å²) in [7, 11) is 0.